The van der Waals surface area contributed by atoms with Crippen LogP contribution in [0.15, 0.2) is 0 Å². The Balaban J connectivity index is 1.90. The maximum Gasteiger partial charge on any atom is 0.146 e. The molecule has 0 spiro atoms. The SMILES string of the molecule is CC(C(=O)C1CCCC1)C(=O)C1CCC1. The minimum absolute atomic E-state index is 0.198. The van der Waals surface area contributed by atoms with Crippen molar-refractivity contribution in [3.63, 3.8) is 0 Å². The molecule has 0 heterocycles. The van der Waals surface area contributed by atoms with E-state index in [0.29, 0.717) is 0 Å². The summed E-state index contributed by atoms with van der Waals surface area (Å²) in [5.41, 5.74) is 0. The summed E-state index contributed by atoms with van der Waals surface area (Å²) in [5.74, 6) is 0.537. The van der Waals surface area contributed by atoms with Crippen molar-refractivity contribution in [2.24, 2.45) is 17.8 Å². The van der Waals surface area contributed by atoms with Crippen LogP contribution in [0, 0.1) is 17.8 Å². The van der Waals surface area contributed by atoms with E-state index in [9.17, 15) is 9.59 Å². The largest absolute Gasteiger partial charge is 0.299 e. The van der Waals surface area contributed by atoms with Gasteiger partial charge in [0, 0.05) is 11.8 Å². The van der Waals surface area contributed by atoms with E-state index in [0.717, 1.165) is 25.7 Å². The Labute approximate surface area is 91.4 Å². The summed E-state index contributed by atoms with van der Waals surface area (Å²) in [6, 6.07) is 0. The van der Waals surface area contributed by atoms with E-state index in [2.05, 4.69) is 0 Å². The van der Waals surface area contributed by atoms with Crippen LogP contribution in [0.1, 0.15) is 51.9 Å². The fourth-order valence-corrected chi connectivity index (χ4v) is 2.75. The first-order chi connectivity index (χ1) is 7.20. The zero-order valence-electron chi connectivity index (χ0n) is 9.50. The maximum absolute atomic E-state index is 12.0. The summed E-state index contributed by atoms with van der Waals surface area (Å²) in [5, 5.41) is 0. The standard InChI is InChI=1S/C13H20O2/c1-9(13(15)11-7-4-8-11)12(14)10-5-2-3-6-10/h9-11H,2-8H2,1H3. The summed E-state index contributed by atoms with van der Waals surface area (Å²) in [6.45, 7) is 1.82. The molecule has 1 atom stereocenters. The maximum atomic E-state index is 12.0. The zero-order valence-corrected chi connectivity index (χ0v) is 9.50. The van der Waals surface area contributed by atoms with Crippen LogP contribution in [0.5, 0.6) is 0 Å². The molecule has 2 aliphatic rings. The van der Waals surface area contributed by atoms with Gasteiger partial charge in [-0.3, -0.25) is 9.59 Å². The van der Waals surface area contributed by atoms with Gasteiger partial charge >= 0.3 is 0 Å². The topological polar surface area (TPSA) is 34.1 Å². The summed E-state index contributed by atoms with van der Waals surface area (Å²) in [6.07, 6.45) is 7.56. The molecule has 0 aromatic heterocycles. The molecule has 0 saturated heterocycles. The molecule has 2 aliphatic carbocycles. The monoisotopic (exact) mass is 208 g/mol. The van der Waals surface area contributed by atoms with Gasteiger partial charge in [-0.1, -0.05) is 19.3 Å². The fraction of sp³-hybridized carbons (Fsp3) is 0.846. The highest BCUT2D eigenvalue weighted by Crippen LogP contribution is 2.33. The number of hydrogen-bond acceptors (Lipinski definition) is 2. The molecule has 84 valence electrons. The third-order valence-electron chi connectivity index (χ3n) is 4.12. The Morgan fingerprint density at radius 3 is 1.60 bits per heavy atom. The summed E-state index contributed by atoms with van der Waals surface area (Å²) in [7, 11) is 0. The lowest BCUT2D eigenvalue weighted by Gasteiger charge is -2.27. The minimum Gasteiger partial charge on any atom is -0.299 e. The first kappa shape index (κ1) is 10.8. The van der Waals surface area contributed by atoms with Gasteiger partial charge in [-0.2, -0.15) is 0 Å². The zero-order chi connectivity index (χ0) is 10.8. The summed E-state index contributed by atoms with van der Waals surface area (Å²) < 4.78 is 0. The first-order valence-electron chi connectivity index (χ1n) is 6.27. The van der Waals surface area contributed by atoms with Crippen LogP contribution in [-0.2, 0) is 9.59 Å². The average Bonchev–Trinajstić information content (AvgIpc) is 2.65. The molecule has 0 N–H and O–H groups in total. The molecular formula is C13H20O2. The normalized spacial score (nSPS) is 24.9. The van der Waals surface area contributed by atoms with Crippen LogP contribution < -0.4 is 0 Å². The number of hydrogen-bond donors (Lipinski definition) is 0. The Bertz CT molecular complexity index is 260. The highest BCUT2D eigenvalue weighted by molar-refractivity contribution is 6.04. The van der Waals surface area contributed by atoms with E-state index in [-0.39, 0.29) is 29.3 Å². The second kappa shape index (κ2) is 4.46. The molecule has 2 rings (SSSR count). The van der Waals surface area contributed by atoms with Gasteiger partial charge in [-0.15, -0.1) is 0 Å². The molecule has 0 amide bonds. The third kappa shape index (κ3) is 2.14. The lowest BCUT2D eigenvalue weighted by Crippen LogP contribution is -2.34. The van der Waals surface area contributed by atoms with Gasteiger partial charge in [-0.05, 0) is 32.6 Å². The van der Waals surface area contributed by atoms with Crippen LogP contribution in [-0.4, -0.2) is 11.6 Å². The van der Waals surface area contributed by atoms with Gasteiger partial charge in [0.05, 0.1) is 5.92 Å². The number of rotatable bonds is 4. The van der Waals surface area contributed by atoms with Gasteiger partial charge < -0.3 is 0 Å². The third-order valence-corrected chi connectivity index (χ3v) is 4.12. The van der Waals surface area contributed by atoms with Crippen molar-refractivity contribution in [3.8, 4) is 0 Å². The molecule has 2 fully saturated rings. The highest BCUT2D eigenvalue weighted by Gasteiger charge is 2.35. The van der Waals surface area contributed by atoms with Gasteiger partial charge in [0.1, 0.15) is 11.6 Å². The van der Waals surface area contributed by atoms with E-state index < -0.39 is 0 Å². The van der Waals surface area contributed by atoms with Gasteiger partial charge in [0.2, 0.25) is 0 Å². The van der Waals surface area contributed by atoms with E-state index in [1.165, 1.54) is 19.3 Å². The first-order valence-corrected chi connectivity index (χ1v) is 6.27. The van der Waals surface area contributed by atoms with Gasteiger partial charge in [0.15, 0.2) is 0 Å². The fourth-order valence-electron chi connectivity index (χ4n) is 2.75. The predicted molar refractivity (Wildman–Crippen MR) is 58.5 cm³/mol. The van der Waals surface area contributed by atoms with Crippen LogP contribution in [0.3, 0.4) is 0 Å². The number of carbonyl (C=O) groups excluding carboxylic acids is 2. The van der Waals surface area contributed by atoms with Crippen LogP contribution in [0.2, 0.25) is 0 Å². The van der Waals surface area contributed by atoms with Crippen molar-refractivity contribution in [3.05, 3.63) is 0 Å². The number of Topliss-reactive ketones (excluding diaryl/α,β-unsaturated/α-hetero) is 2. The highest BCUT2D eigenvalue weighted by atomic mass is 16.2. The van der Waals surface area contributed by atoms with Crippen molar-refractivity contribution in [2.45, 2.75) is 51.9 Å². The molecule has 0 aliphatic heterocycles. The summed E-state index contributed by atoms with van der Waals surface area (Å²) >= 11 is 0. The molecular weight excluding hydrogens is 188 g/mol. The van der Waals surface area contributed by atoms with Crippen LogP contribution in [0.4, 0.5) is 0 Å². The Kier molecular flexibility index (Phi) is 3.22. The molecule has 0 aromatic rings. The molecule has 0 radical (unpaired) electrons. The smallest absolute Gasteiger partial charge is 0.146 e. The van der Waals surface area contributed by atoms with Crippen LogP contribution in [0.25, 0.3) is 0 Å². The quantitative estimate of drug-likeness (QED) is 0.666. The minimum atomic E-state index is -0.321. The molecule has 15 heavy (non-hydrogen) atoms. The Hall–Kier alpha value is -0.660. The molecule has 2 heteroatoms. The molecule has 1 unspecified atom stereocenters. The van der Waals surface area contributed by atoms with Crippen molar-refractivity contribution < 1.29 is 9.59 Å². The van der Waals surface area contributed by atoms with E-state index >= 15 is 0 Å². The lowest BCUT2D eigenvalue weighted by atomic mass is 9.76. The van der Waals surface area contributed by atoms with Crippen molar-refractivity contribution in [1.29, 1.82) is 0 Å². The van der Waals surface area contributed by atoms with Crippen LogP contribution >= 0.6 is 0 Å². The van der Waals surface area contributed by atoms with Gasteiger partial charge in [0.25, 0.3) is 0 Å². The van der Waals surface area contributed by atoms with Crippen molar-refractivity contribution in [1.82, 2.24) is 0 Å². The summed E-state index contributed by atoms with van der Waals surface area (Å²) in [4.78, 5) is 23.9. The molecule has 0 bridgehead atoms. The number of ketones is 2. The molecule has 2 saturated carbocycles. The predicted octanol–water partition coefficient (Wildman–Crippen LogP) is 2.75. The van der Waals surface area contributed by atoms with E-state index in [1.54, 1.807) is 0 Å². The lowest BCUT2D eigenvalue weighted by molar-refractivity contribution is -0.137. The molecule has 0 aromatic carbocycles. The number of carbonyl (C=O) groups is 2. The van der Waals surface area contributed by atoms with E-state index in [1.807, 2.05) is 6.92 Å². The van der Waals surface area contributed by atoms with Crippen molar-refractivity contribution >= 4 is 11.6 Å². The second-order valence-electron chi connectivity index (χ2n) is 5.14. The Morgan fingerprint density at radius 1 is 0.867 bits per heavy atom. The molecule has 2 nitrogen and oxygen atoms in total. The second-order valence-corrected chi connectivity index (χ2v) is 5.14. The van der Waals surface area contributed by atoms with Crippen molar-refractivity contribution in [2.75, 3.05) is 0 Å². The Morgan fingerprint density at radius 2 is 1.27 bits per heavy atom. The van der Waals surface area contributed by atoms with Gasteiger partial charge in [-0.25, -0.2) is 0 Å². The average molecular weight is 208 g/mol. The van der Waals surface area contributed by atoms with E-state index in [4.69, 9.17) is 0 Å².